The summed E-state index contributed by atoms with van der Waals surface area (Å²) in [5.41, 5.74) is 0.929. The van der Waals surface area contributed by atoms with E-state index in [1.54, 1.807) is 6.20 Å². The quantitative estimate of drug-likeness (QED) is 0.648. The average molecular weight is 254 g/mol. The van der Waals surface area contributed by atoms with Gasteiger partial charge in [0.15, 0.2) is 11.3 Å². The highest BCUT2D eigenvalue weighted by Crippen LogP contribution is 2.25. The monoisotopic (exact) mass is 254 g/mol. The Hall–Kier alpha value is -1.14. The minimum absolute atomic E-state index is 0.00906. The summed E-state index contributed by atoms with van der Waals surface area (Å²) in [4.78, 5) is 19.1. The van der Waals surface area contributed by atoms with Crippen LogP contribution in [0.25, 0.3) is 0 Å². The van der Waals surface area contributed by atoms with Gasteiger partial charge >= 0.3 is 5.97 Å². The molecule has 1 fully saturated rings. The number of aliphatic carboxylic acids is 1. The van der Waals surface area contributed by atoms with Crippen LogP contribution in [-0.2, 0) is 9.53 Å². The number of aromatic nitrogens is 2. The molecule has 1 aromatic heterocycles. The van der Waals surface area contributed by atoms with Crippen molar-refractivity contribution in [1.29, 1.82) is 0 Å². The second kappa shape index (κ2) is 5.46. The van der Waals surface area contributed by atoms with Crippen LogP contribution in [0.2, 0.25) is 0 Å². The van der Waals surface area contributed by atoms with Crippen LogP contribution in [0.1, 0.15) is 18.5 Å². The first-order valence-corrected chi connectivity index (χ1v) is 6.44. The van der Waals surface area contributed by atoms with Crippen molar-refractivity contribution in [3.8, 4) is 0 Å². The first-order valence-electron chi connectivity index (χ1n) is 5.46. The number of carboxylic acids is 1. The molecule has 6 heteroatoms. The Bertz CT molecular complexity index is 413. The molecule has 1 aromatic rings. The molecule has 0 bridgehead atoms. The first kappa shape index (κ1) is 12.3. The molecule has 0 saturated carbocycles. The average Bonchev–Trinajstić information content (AvgIpc) is 2.75. The summed E-state index contributed by atoms with van der Waals surface area (Å²) in [6.45, 7) is 1.91. The molecule has 0 aliphatic carbocycles. The third-order valence-electron chi connectivity index (χ3n) is 2.55. The number of aryl methyl sites for hydroxylation is 1. The molecule has 0 aromatic carbocycles. The SMILES string of the molecule is Cc1ccnc(SCC2CCC(C(=O)O)O2)n1. The lowest BCUT2D eigenvalue weighted by molar-refractivity contribution is -0.148. The highest BCUT2D eigenvalue weighted by Gasteiger charge is 2.30. The van der Waals surface area contributed by atoms with Crippen LogP contribution >= 0.6 is 11.8 Å². The summed E-state index contributed by atoms with van der Waals surface area (Å²) in [6.07, 6.45) is 2.45. The molecule has 2 unspecified atom stereocenters. The van der Waals surface area contributed by atoms with Gasteiger partial charge in [-0.1, -0.05) is 11.8 Å². The number of nitrogens with zero attached hydrogens (tertiary/aromatic N) is 2. The number of ether oxygens (including phenoxy) is 1. The van der Waals surface area contributed by atoms with Gasteiger partial charge in [0.05, 0.1) is 6.10 Å². The minimum atomic E-state index is -0.871. The van der Waals surface area contributed by atoms with Gasteiger partial charge in [-0.3, -0.25) is 0 Å². The molecule has 1 N–H and O–H groups in total. The van der Waals surface area contributed by atoms with Gasteiger partial charge in [0.1, 0.15) is 0 Å². The number of carbonyl (C=O) groups is 1. The zero-order valence-electron chi connectivity index (χ0n) is 9.50. The van der Waals surface area contributed by atoms with Crippen molar-refractivity contribution in [2.75, 3.05) is 5.75 Å². The van der Waals surface area contributed by atoms with Gasteiger partial charge in [-0.05, 0) is 25.8 Å². The summed E-state index contributed by atoms with van der Waals surface area (Å²) in [5, 5.41) is 9.51. The number of carboxylic acid groups (broad SMARTS) is 1. The number of rotatable bonds is 4. The Kier molecular flexibility index (Phi) is 3.96. The van der Waals surface area contributed by atoms with E-state index in [4.69, 9.17) is 9.84 Å². The van der Waals surface area contributed by atoms with Crippen molar-refractivity contribution < 1.29 is 14.6 Å². The fourth-order valence-corrected chi connectivity index (χ4v) is 2.60. The lowest BCUT2D eigenvalue weighted by Crippen LogP contribution is -2.21. The van der Waals surface area contributed by atoms with Gasteiger partial charge < -0.3 is 9.84 Å². The van der Waals surface area contributed by atoms with Gasteiger partial charge in [-0.2, -0.15) is 0 Å². The van der Waals surface area contributed by atoms with Crippen molar-refractivity contribution in [2.45, 2.75) is 37.1 Å². The van der Waals surface area contributed by atoms with E-state index in [0.717, 1.165) is 12.1 Å². The number of thioether (sulfide) groups is 1. The lowest BCUT2D eigenvalue weighted by atomic mass is 10.2. The Morgan fingerprint density at radius 1 is 1.65 bits per heavy atom. The van der Waals surface area contributed by atoms with E-state index >= 15 is 0 Å². The number of hydrogen-bond acceptors (Lipinski definition) is 5. The van der Waals surface area contributed by atoms with Crippen molar-refractivity contribution >= 4 is 17.7 Å². The normalized spacial score (nSPS) is 23.8. The minimum Gasteiger partial charge on any atom is -0.479 e. The van der Waals surface area contributed by atoms with E-state index in [1.165, 1.54) is 11.8 Å². The fraction of sp³-hybridized carbons (Fsp3) is 0.545. The molecule has 2 atom stereocenters. The standard InChI is InChI=1S/C11H14N2O3S/c1-7-4-5-12-11(13-7)17-6-8-2-3-9(16-8)10(14)15/h4-5,8-9H,2-3,6H2,1H3,(H,14,15). The molecule has 17 heavy (non-hydrogen) atoms. The zero-order valence-corrected chi connectivity index (χ0v) is 10.3. The van der Waals surface area contributed by atoms with E-state index < -0.39 is 12.1 Å². The molecular weight excluding hydrogens is 240 g/mol. The van der Waals surface area contributed by atoms with Gasteiger partial charge in [-0.15, -0.1) is 0 Å². The summed E-state index contributed by atoms with van der Waals surface area (Å²) >= 11 is 1.51. The first-order chi connectivity index (χ1) is 8.15. The van der Waals surface area contributed by atoms with Crippen molar-refractivity contribution in [1.82, 2.24) is 9.97 Å². The Morgan fingerprint density at radius 3 is 3.12 bits per heavy atom. The third kappa shape index (κ3) is 3.41. The van der Waals surface area contributed by atoms with Crippen molar-refractivity contribution in [2.24, 2.45) is 0 Å². The van der Waals surface area contributed by atoms with Gasteiger partial charge in [0.2, 0.25) is 0 Å². The Labute approximate surface area is 104 Å². The highest BCUT2D eigenvalue weighted by atomic mass is 32.2. The van der Waals surface area contributed by atoms with E-state index in [2.05, 4.69) is 9.97 Å². The second-order valence-corrected chi connectivity index (χ2v) is 4.94. The molecule has 2 heterocycles. The lowest BCUT2D eigenvalue weighted by Gasteiger charge is -2.09. The maximum Gasteiger partial charge on any atom is 0.332 e. The predicted octanol–water partition coefficient (Wildman–Crippen LogP) is 1.51. The smallest absolute Gasteiger partial charge is 0.332 e. The van der Waals surface area contributed by atoms with Crippen LogP contribution in [0.5, 0.6) is 0 Å². The van der Waals surface area contributed by atoms with Crippen molar-refractivity contribution in [3.63, 3.8) is 0 Å². The van der Waals surface area contributed by atoms with E-state index in [-0.39, 0.29) is 6.10 Å². The van der Waals surface area contributed by atoms with Gasteiger partial charge in [0.25, 0.3) is 0 Å². The fourth-order valence-electron chi connectivity index (χ4n) is 1.67. The van der Waals surface area contributed by atoms with Crippen LogP contribution in [0, 0.1) is 6.92 Å². The molecule has 1 aliphatic heterocycles. The molecule has 0 radical (unpaired) electrons. The molecule has 5 nitrogen and oxygen atoms in total. The third-order valence-corrected chi connectivity index (χ3v) is 3.55. The van der Waals surface area contributed by atoms with Crippen LogP contribution in [0.3, 0.4) is 0 Å². The summed E-state index contributed by atoms with van der Waals surface area (Å²) in [6, 6.07) is 1.84. The summed E-state index contributed by atoms with van der Waals surface area (Å²) < 4.78 is 5.40. The van der Waals surface area contributed by atoms with Gasteiger partial charge in [-0.25, -0.2) is 14.8 Å². The summed E-state index contributed by atoms with van der Waals surface area (Å²) in [5.74, 6) is -0.169. The molecule has 1 saturated heterocycles. The highest BCUT2D eigenvalue weighted by molar-refractivity contribution is 7.99. The van der Waals surface area contributed by atoms with Gasteiger partial charge in [0, 0.05) is 17.6 Å². The maximum absolute atomic E-state index is 10.7. The molecule has 0 amide bonds. The Balaban J connectivity index is 1.82. The largest absolute Gasteiger partial charge is 0.479 e. The van der Waals surface area contributed by atoms with E-state index in [0.29, 0.717) is 17.3 Å². The molecular formula is C11H14N2O3S. The second-order valence-electron chi connectivity index (χ2n) is 3.95. The number of hydrogen-bond donors (Lipinski definition) is 1. The molecule has 0 spiro atoms. The van der Waals surface area contributed by atoms with Crippen molar-refractivity contribution in [3.05, 3.63) is 18.0 Å². The topological polar surface area (TPSA) is 72.3 Å². The van der Waals surface area contributed by atoms with Crippen LogP contribution in [0.4, 0.5) is 0 Å². The molecule has 2 rings (SSSR count). The van der Waals surface area contributed by atoms with E-state index in [1.807, 2.05) is 13.0 Å². The Morgan fingerprint density at radius 2 is 2.47 bits per heavy atom. The van der Waals surface area contributed by atoms with Crippen LogP contribution in [0.15, 0.2) is 17.4 Å². The molecule has 92 valence electrons. The predicted molar refractivity (Wildman–Crippen MR) is 63.0 cm³/mol. The van der Waals surface area contributed by atoms with Crippen LogP contribution in [-0.4, -0.2) is 39.0 Å². The zero-order chi connectivity index (χ0) is 12.3. The summed E-state index contributed by atoms with van der Waals surface area (Å²) in [7, 11) is 0. The molecule has 1 aliphatic rings. The van der Waals surface area contributed by atoms with Crippen LogP contribution < -0.4 is 0 Å². The maximum atomic E-state index is 10.7. The van der Waals surface area contributed by atoms with E-state index in [9.17, 15) is 4.79 Å².